The van der Waals surface area contributed by atoms with Crippen molar-refractivity contribution in [1.29, 1.82) is 0 Å². The van der Waals surface area contributed by atoms with Gasteiger partial charge in [-0.1, -0.05) is 24.3 Å². The van der Waals surface area contributed by atoms with E-state index >= 15 is 0 Å². The zero-order chi connectivity index (χ0) is 19.9. The lowest BCUT2D eigenvalue weighted by molar-refractivity contribution is 0.0685. The molecule has 1 amide bonds. The highest BCUT2D eigenvalue weighted by molar-refractivity contribution is 5.92. The van der Waals surface area contributed by atoms with Crippen LogP contribution in [0, 0.1) is 5.92 Å². The SMILES string of the molecule is COCCN(C)Cc1ccc(CC2CCN(C(=O)c3cn(C)cn3)CC2)cc1. The van der Waals surface area contributed by atoms with Crippen LogP contribution in [0.15, 0.2) is 36.8 Å². The van der Waals surface area contributed by atoms with Crippen molar-refractivity contribution in [3.63, 3.8) is 0 Å². The molecular formula is C22H32N4O2. The topological polar surface area (TPSA) is 50.6 Å². The predicted molar refractivity (Wildman–Crippen MR) is 110 cm³/mol. The number of carbonyl (C=O) groups excluding carboxylic acids is 1. The van der Waals surface area contributed by atoms with E-state index < -0.39 is 0 Å². The summed E-state index contributed by atoms with van der Waals surface area (Å²) >= 11 is 0. The third-order valence-corrected chi connectivity index (χ3v) is 5.50. The number of likely N-dealkylation sites (tertiary alicyclic amines) is 1. The second-order valence-electron chi connectivity index (χ2n) is 7.91. The van der Waals surface area contributed by atoms with Crippen molar-refractivity contribution < 1.29 is 9.53 Å². The number of amides is 1. The highest BCUT2D eigenvalue weighted by Crippen LogP contribution is 2.23. The van der Waals surface area contributed by atoms with Crippen molar-refractivity contribution in [3.05, 3.63) is 53.6 Å². The number of likely N-dealkylation sites (N-methyl/N-ethyl adjacent to an activating group) is 1. The van der Waals surface area contributed by atoms with Gasteiger partial charge in [0.2, 0.25) is 0 Å². The predicted octanol–water partition coefficient (Wildman–Crippen LogP) is 2.59. The fourth-order valence-electron chi connectivity index (χ4n) is 3.78. The Hall–Kier alpha value is -2.18. The molecular weight excluding hydrogens is 352 g/mol. The second-order valence-corrected chi connectivity index (χ2v) is 7.91. The smallest absolute Gasteiger partial charge is 0.274 e. The molecule has 1 aliphatic rings. The first-order valence-corrected chi connectivity index (χ1v) is 10.1. The monoisotopic (exact) mass is 384 g/mol. The molecule has 0 radical (unpaired) electrons. The van der Waals surface area contributed by atoms with Crippen LogP contribution in [0.3, 0.4) is 0 Å². The molecule has 2 aromatic rings. The minimum absolute atomic E-state index is 0.0565. The molecule has 2 heterocycles. The molecule has 1 saturated heterocycles. The standard InChI is InChI=1S/C22H32N4O2/c1-24(12-13-28-3)15-20-6-4-18(5-7-20)14-19-8-10-26(11-9-19)22(27)21-16-25(2)17-23-21/h4-7,16-17,19H,8-15H2,1-3H3. The summed E-state index contributed by atoms with van der Waals surface area (Å²) in [4.78, 5) is 20.9. The first kappa shape index (κ1) is 20.6. The van der Waals surface area contributed by atoms with Gasteiger partial charge in [-0.25, -0.2) is 4.98 Å². The van der Waals surface area contributed by atoms with Crippen molar-refractivity contribution in [2.45, 2.75) is 25.8 Å². The zero-order valence-corrected chi connectivity index (χ0v) is 17.3. The van der Waals surface area contributed by atoms with E-state index in [9.17, 15) is 4.79 Å². The molecule has 0 aliphatic carbocycles. The number of imidazole rings is 1. The molecule has 0 unspecified atom stereocenters. The Morgan fingerprint density at radius 1 is 1.21 bits per heavy atom. The third kappa shape index (κ3) is 5.66. The lowest BCUT2D eigenvalue weighted by Crippen LogP contribution is -2.39. The molecule has 6 heteroatoms. The maximum absolute atomic E-state index is 12.5. The second kappa shape index (κ2) is 9.85. The van der Waals surface area contributed by atoms with Gasteiger partial charge in [0.25, 0.3) is 5.91 Å². The summed E-state index contributed by atoms with van der Waals surface area (Å²) in [5, 5.41) is 0. The lowest BCUT2D eigenvalue weighted by atomic mass is 9.90. The first-order valence-electron chi connectivity index (χ1n) is 10.1. The Labute approximate surface area is 168 Å². The summed E-state index contributed by atoms with van der Waals surface area (Å²) in [6.07, 6.45) is 6.67. The molecule has 0 saturated carbocycles. The van der Waals surface area contributed by atoms with Gasteiger partial charge in [0.1, 0.15) is 5.69 Å². The van der Waals surface area contributed by atoms with E-state index in [0.717, 1.165) is 52.0 Å². The normalized spacial score (nSPS) is 15.4. The van der Waals surface area contributed by atoms with Crippen molar-refractivity contribution >= 4 is 5.91 Å². The van der Waals surface area contributed by atoms with Crippen LogP contribution in [0.25, 0.3) is 0 Å². The maximum Gasteiger partial charge on any atom is 0.274 e. The lowest BCUT2D eigenvalue weighted by Gasteiger charge is -2.31. The number of hydrogen-bond donors (Lipinski definition) is 0. The minimum Gasteiger partial charge on any atom is -0.383 e. The average Bonchev–Trinajstić information content (AvgIpc) is 3.14. The van der Waals surface area contributed by atoms with E-state index in [1.165, 1.54) is 11.1 Å². The van der Waals surface area contributed by atoms with Crippen LogP contribution in [-0.2, 0) is 24.8 Å². The fraction of sp³-hybridized carbons (Fsp3) is 0.545. The number of methoxy groups -OCH3 is 1. The minimum atomic E-state index is 0.0565. The molecule has 0 bridgehead atoms. The largest absolute Gasteiger partial charge is 0.383 e. The van der Waals surface area contributed by atoms with Gasteiger partial charge in [-0.3, -0.25) is 9.69 Å². The van der Waals surface area contributed by atoms with E-state index in [-0.39, 0.29) is 5.91 Å². The number of aryl methyl sites for hydroxylation is 1. The van der Waals surface area contributed by atoms with Crippen LogP contribution >= 0.6 is 0 Å². The molecule has 3 rings (SSSR count). The number of carbonyl (C=O) groups is 1. The quantitative estimate of drug-likeness (QED) is 0.702. The van der Waals surface area contributed by atoms with Crippen molar-refractivity contribution in [3.8, 4) is 0 Å². The number of ether oxygens (including phenoxy) is 1. The Morgan fingerprint density at radius 3 is 2.50 bits per heavy atom. The number of benzene rings is 1. The summed E-state index contributed by atoms with van der Waals surface area (Å²) < 4.78 is 6.95. The number of aromatic nitrogens is 2. The van der Waals surface area contributed by atoms with Gasteiger partial charge >= 0.3 is 0 Å². The molecule has 1 fully saturated rings. The maximum atomic E-state index is 12.5. The highest BCUT2D eigenvalue weighted by Gasteiger charge is 2.24. The molecule has 152 valence electrons. The molecule has 0 spiro atoms. The van der Waals surface area contributed by atoms with Gasteiger partial charge in [-0.15, -0.1) is 0 Å². The van der Waals surface area contributed by atoms with Crippen LogP contribution in [0.5, 0.6) is 0 Å². The van der Waals surface area contributed by atoms with Crippen LogP contribution < -0.4 is 0 Å². The molecule has 1 aliphatic heterocycles. The van der Waals surface area contributed by atoms with Crippen LogP contribution in [0.4, 0.5) is 0 Å². The number of nitrogens with zero attached hydrogens (tertiary/aromatic N) is 4. The van der Waals surface area contributed by atoms with Crippen LogP contribution in [0.1, 0.15) is 34.5 Å². The summed E-state index contributed by atoms with van der Waals surface area (Å²) in [5.41, 5.74) is 3.27. The van der Waals surface area contributed by atoms with Crippen LogP contribution in [0.2, 0.25) is 0 Å². The molecule has 0 atom stereocenters. The zero-order valence-electron chi connectivity index (χ0n) is 17.3. The van der Waals surface area contributed by atoms with Crippen LogP contribution in [-0.4, -0.2) is 65.7 Å². The van der Waals surface area contributed by atoms with E-state index in [1.54, 1.807) is 19.6 Å². The summed E-state index contributed by atoms with van der Waals surface area (Å²) in [7, 11) is 5.74. The fourth-order valence-corrected chi connectivity index (χ4v) is 3.78. The van der Waals surface area contributed by atoms with Crippen molar-refractivity contribution in [2.24, 2.45) is 13.0 Å². The van der Waals surface area contributed by atoms with Gasteiger partial charge in [-0.05, 0) is 43.4 Å². The molecule has 0 N–H and O–H groups in total. The number of rotatable bonds is 8. The Bertz CT molecular complexity index is 748. The summed E-state index contributed by atoms with van der Waals surface area (Å²) in [6.45, 7) is 4.28. The van der Waals surface area contributed by atoms with E-state index in [4.69, 9.17) is 4.74 Å². The van der Waals surface area contributed by atoms with Gasteiger partial charge in [-0.2, -0.15) is 0 Å². The van der Waals surface area contributed by atoms with E-state index in [0.29, 0.717) is 11.6 Å². The third-order valence-electron chi connectivity index (χ3n) is 5.50. The van der Waals surface area contributed by atoms with E-state index in [1.807, 2.05) is 16.5 Å². The molecule has 1 aromatic heterocycles. The molecule has 6 nitrogen and oxygen atoms in total. The van der Waals surface area contributed by atoms with Gasteiger partial charge < -0.3 is 14.2 Å². The highest BCUT2D eigenvalue weighted by atomic mass is 16.5. The van der Waals surface area contributed by atoms with Gasteiger partial charge in [0.05, 0.1) is 12.9 Å². The summed E-state index contributed by atoms with van der Waals surface area (Å²) in [5.74, 6) is 0.698. The number of hydrogen-bond acceptors (Lipinski definition) is 4. The Balaban J connectivity index is 1.45. The van der Waals surface area contributed by atoms with Gasteiger partial charge in [0, 0.05) is 46.5 Å². The van der Waals surface area contributed by atoms with Crippen molar-refractivity contribution in [2.75, 3.05) is 40.4 Å². The van der Waals surface area contributed by atoms with Crippen molar-refractivity contribution in [1.82, 2.24) is 19.4 Å². The Morgan fingerprint density at radius 2 is 1.89 bits per heavy atom. The van der Waals surface area contributed by atoms with Gasteiger partial charge in [0.15, 0.2) is 0 Å². The average molecular weight is 385 g/mol. The van der Waals surface area contributed by atoms with E-state index in [2.05, 4.69) is 41.2 Å². The summed E-state index contributed by atoms with van der Waals surface area (Å²) in [6, 6.07) is 8.98. The Kier molecular flexibility index (Phi) is 7.23. The molecule has 28 heavy (non-hydrogen) atoms. The molecule has 1 aromatic carbocycles. The number of piperidine rings is 1. The first-order chi connectivity index (χ1) is 13.5.